The largest absolute Gasteiger partial charge is 0.337 e. The van der Waals surface area contributed by atoms with E-state index < -0.39 is 0 Å². The Hall–Kier alpha value is -1.75. The average molecular weight is 372 g/mol. The molecule has 0 aliphatic heterocycles. The Morgan fingerprint density at radius 2 is 1.77 bits per heavy atom. The second kappa shape index (κ2) is 8.30. The normalized spacial score (nSPS) is 13.9. The van der Waals surface area contributed by atoms with Gasteiger partial charge in [-0.3, -0.25) is 9.36 Å². The van der Waals surface area contributed by atoms with E-state index in [1.165, 1.54) is 24.2 Å². The third-order valence-electron chi connectivity index (χ3n) is 4.84. The van der Waals surface area contributed by atoms with E-state index >= 15 is 0 Å². The van der Waals surface area contributed by atoms with Crippen molar-refractivity contribution in [1.29, 1.82) is 0 Å². The lowest BCUT2D eigenvalue weighted by Crippen LogP contribution is -2.43. The van der Waals surface area contributed by atoms with Gasteiger partial charge in [0.25, 0.3) is 0 Å². The Kier molecular flexibility index (Phi) is 6.07. The lowest BCUT2D eigenvalue weighted by atomic mass is 10.0. The number of imidazole rings is 1. The molecule has 1 aliphatic rings. The number of benzene rings is 1. The second-order valence-electron chi connectivity index (χ2n) is 7.44. The first-order valence-corrected chi connectivity index (χ1v) is 10.6. The van der Waals surface area contributed by atoms with Crippen LogP contribution in [0.25, 0.3) is 5.69 Å². The van der Waals surface area contributed by atoms with E-state index in [9.17, 15) is 4.79 Å². The number of amides is 1. The van der Waals surface area contributed by atoms with E-state index in [-0.39, 0.29) is 18.0 Å². The monoisotopic (exact) mass is 371 g/mol. The van der Waals surface area contributed by atoms with Gasteiger partial charge in [0.2, 0.25) is 5.91 Å². The van der Waals surface area contributed by atoms with Crippen LogP contribution >= 0.6 is 11.8 Å². The van der Waals surface area contributed by atoms with Crippen LogP contribution in [0.5, 0.6) is 0 Å². The minimum absolute atomic E-state index is 0.181. The Bertz CT molecular complexity index is 744. The highest BCUT2D eigenvalue weighted by Crippen LogP contribution is 2.30. The number of aryl methyl sites for hydroxylation is 1. The van der Waals surface area contributed by atoms with Gasteiger partial charge in [-0.05, 0) is 65.5 Å². The van der Waals surface area contributed by atoms with Gasteiger partial charge in [0, 0.05) is 23.5 Å². The number of hydrogen-bond acceptors (Lipinski definition) is 3. The molecule has 0 unspecified atom stereocenters. The summed E-state index contributed by atoms with van der Waals surface area (Å²) in [7, 11) is 0. The Morgan fingerprint density at radius 3 is 2.42 bits per heavy atom. The lowest BCUT2D eigenvalue weighted by molar-refractivity contribution is -0.131. The molecule has 1 amide bonds. The molecule has 2 aromatic rings. The smallest absolute Gasteiger partial charge is 0.233 e. The van der Waals surface area contributed by atoms with E-state index in [2.05, 4.69) is 56.5 Å². The van der Waals surface area contributed by atoms with Crippen LogP contribution in [0.3, 0.4) is 0 Å². The predicted molar refractivity (Wildman–Crippen MR) is 108 cm³/mol. The van der Waals surface area contributed by atoms with E-state index in [1.807, 2.05) is 11.0 Å². The van der Waals surface area contributed by atoms with Gasteiger partial charge in [0.1, 0.15) is 0 Å². The van der Waals surface area contributed by atoms with E-state index in [0.717, 1.165) is 23.7 Å². The fourth-order valence-electron chi connectivity index (χ4n) is 3.83. The quantitative estimate of drug-likeness (QED) is 0.702. The SMILES string of the molecule is CC(C)N(C(=O)CSc1nc2c(n1-c1ccccc1)CCCC2)C(C)C. The van der Waals surface area contributed by atoms with Crippen molar-refractivity contribution >= 4 is 17.7 Å². The molecule has 1 aliphatic carbocycles. The van der Waals surface area contributed by atoms with Gasteiger partial charge < -0.3 is 4.90 Å². The van der Waals surface area contributed by atoms with Gasteiger partial charge in [-0.1, -0.05) is 30.0 Å². The van der Waals surface area contributed by atoms with Crippen LogP contribution in [0.2, 0.25) is 0 Å². The van der Waals surface area contributed by atoms with Gasteiger partial charge in [-0.2, -0.15) is 0 Å². The zero-order valence-electron chi connectivity index (χ0n) is 16.2. The maximum atomic E-state index is 12.8. The van der Waals surface area contributed by atoms with Crippen molar-refractivity contribution in [3.05, 3.63) is 41.7 Å². The molecule has 0 spiro atoms. The molecular formula is C21H29N3OS. The maximum absolute atomic E-state index is 12.8. The summed E-state index contributed by atoms with van der Waals surface area (Å²) >= 11 is 1.57. The predicted octanol–water partition coefficient (Wildman–Crippen LogP) is 4.49. The molecule has 0 N–H and O–H groups in total. The van der Waals surface area contributed by atoms with E-state index in [0.29, 0.717) is 5.75 Å². The van der Waals surface area contributed by atoms with Crippen molar-refractivity contribution in [3.63, 3.8) is 0 Å². The van der Waals surface area contributed by atoms with Crippen LogP contribution in [0.15, 0.2) is 35.5 Å². The summed E-state index contributed by atoms with van der Waals surface area (Å²) in [6.07, 6.45) is 4.52. The molecular weight excluding hydrogens is 342 g/mol. The minimum atomic E-state index is 0.181. The van der Waals surface area contributed by atoms with Gasteiger partial charge in [0.05, 0.1) is 11.4 Å². The Balaban J connectivity index is 1.86. The third-order valence-corrected chi connectivity index (χ3v) is 5.77. The van der Waals surface area contributed by atoms with Crippen molar-refractivity contribution in [1.82, 2.24) is 14.5 Å². The molecule has 1 aromatic carbocycles. The van der Waals surface area contributed by atoms with Crippen molar-refractivity contribution in [3.8, 4) is 5.69 Å². The van der Waals surface area contributed by atoms with Crippen molar-refractivity contribution in [2.24, 2.45) is 0 Å². The van der Waals surface area contributed by atoms with Gasteiger partial charge in [0.15, 0.2) is 5.16 Å². The lowest BCUT2D eigenvalue weighted by Gasteiger charge is -2.30. The number of rotatable bonds is 6. The number of para-hydroxylation sites is 1. The number of aromatic nitrogens is 2. The minimum Gasteiger partial charge on any atom is -0.337 e. The number of carbonyl (C=O) groups excluding carboxylic acids is 1. The third kappa shape index (κ3) is 3.98. The van der Waals surface area contributed by atoms with Crippen LogP contribution in [0, 0.1) is 0 Å². The fraction of sp³-hybridized carbons (Fsp3) is 0.524. The maximum Gasteiger partial charge on any atom is 0.233 e. The highest BCUT2D eigenvalue weighted by Gasteiger charge is 2.24. The number of fused-ring (bicyclic) bond motifs is 1. The molecule has 140 valence electrons. The fourth-order valence-corrected chi connectivity index (χ4v) is 4.75. The molecule has 4 nitrogen and oxygen atoms in total. The van der Waals surface area contributed by atoms with Crippen molar-refractivity contribution < 1.29 is 4.79 Å². The molecule has 3 rings (SSSR count). The molecule has 5 heteroatoms. The molecule has 0 fully saturated rings. The van der Waals surface area contributed by atoms with Crippen molar-refractivity contribution in [2.75, 3.05) is 5.75 Å². The molecule has 0 atom stereocenters. The summed E-state index contributed by atoms with van der Waals surface area (Å²) in [4.78, 5) is 19.6. The van der Waals surface area contributed by atoms with Crippen LogP contribution in [-0.4, -0.2) is 38.2 Å². The summed E-state index contributed by atoms with van der Waals surface area (Å²) < 4.78 is 2.27. The average Bonchev–Trinajstić information content (AvgIpc) is 2.98. The Morgan fingerprint density at radius 1 is 1.12 bits per heavy atom. The number of thioether (sulfide) groups is 1. The van der Waals surface area contributed by atoms with Gasteiger partial charge in [-0.15, -0.1) is 0 Å². The number of hydrogen-bond donors (Lipinski definition) is 0. The van der Waals surface area contributed by atoms with Crippen LogP contribution in [0.4, 0.5) is 0 Å². The van der Waals surface area contributed by atoms with Crippen molar-refractivity contribution in [2.45, 2.75) is 70.6 Å². The summed E-state index contributed by atoms with van der Waals surface area (Å²) in [5.41, 5.74) is 3.67. The van der Waals surface area contributed by atoms with E-state index in [4.69, 9.17) is 4.98 Å². The molecule has 0 saturated heterocycles. The first-order chi connectivity index (χ1) is 12.5. The Labute approximate surface area is 161 Å². The molecule has 0 saturated carbocycles. The second-order valence-corrected chi connectivity index (χ2v) is 8.39. The number of nitrogens with zero attached hydrogens (tertiary/aromatic N) is 3. The molecule has 0 bridgehead atoms. The van der Waals surface area contributed by atoms with Crippen LogP contribution in [0.1, 0.15) is 51.9 Å². The highest BCUT2D eigenvalue weighted by molar-refractivity contribution is 7.99. The zero-order chi connectivity index (χ0) is 18.7. The molecule has 1 heterocycles. The molecule has 1 aromatic heterocycles. The van der Waals surface area contributed by atoms with Gasteiger partial charge >= 0.3 is 0 Å². The first-order valence-electron chi connectivity index (χ1n) is 9.59. The molecule has 26 heavy (non-hydrogen) atoms. The summed E-state index contributed by atoms with van der Waals surface area (Å²) in [6.45, 7) is 8.30. The zero-order valence-corrected chi connectivity index (χ0v) is 17.1. The summed E-state index contributed by atoms with van der Waals surface area (Å²) in [6, 6.07) is 10.8. The number of carbonyl (C=O) groups is 1. The summed E-state index contributed by atoms with van der Waals surface area (Å²) in [5, 5.41) is 0.948. The van der Waals surface area contributed by atoms with Gasteiger partial charge in [-0.25, -0.2) is 4.98 Å². The topological polar surface area (TPSA) is 38.1 Å². The first kappa shape index (κ1) is 19.0. The van der Waals surface area contributed by atoms with E-state index in [1.54, 1.807) is 11.8 Å². The highest BCUT2D eigenvalue weighted by atomic mass is 32.2. The standard InChI is InChI=1S/C21H29N3OS/c1-15(2)23(16(3)4)20(25)14-26-21-22-18-12-8-9-13-19(18)24(21)17-10-6-5-7-11-17/h5-7,10-11,15-16H,8-9,12-14H2,1-4H3. The molecule has 0 radical (unpaired) electrons. The van der Waals surface area contributed by atoms with Crippen LogP contribution in [-0.2, 0) is 17.6 Å². The summed E-state index contributed by atoms with van der Waals surface area (Å²) in [5.74, 6) is 0.611. The van der Waals surface area contributed by atoms with Crippen LogP contribution < -0.4 is 0 Å².